The third-order valence-corrected chi connectivity index (χ3v) is 3.92. The minimum Gasteiger partial charge on any atom is -0.466 e. The van der Waals surface area contributed by atoms with E-state index in [2.05, 4.69) is 10.6 Å². The molecule has 1 aliphatic rings. The summed E-state index contributed by atoms with van der Waals surface area (Å²) in [5.41, 5.74) is 0.999. The predicted molar refractivity (Wildman–Crippen MR) is 95.4 cm³/mol. The minimum atomic E-state index is -0.630. The maximum absolute atomic E-state index is 12.6. The quantitative estimate of drug-likeness (QED) is 0.582. The SMILES string of the molecule is CCCNC(=O)c1ccccc1NC1=C(C(=O)OC)CN(CCO)C1=O. The van der Waals surface area contributed by atoms with Crippen molar-refractivity contribution in [2.24, 2.45) is 0 Å². The van der Waals surface area contributed by atoms with E-state index in [1.54, 1.807) is 24.3 Å². The zero-order chi connectivity index (χ0) is 19.1. The number of amides is 2. The predicted octanol–water partition coefficient (Wildman–Crippen LogP) is 0.500. The van der Waals surface area contributed by atoms with Crippen molar-refractivity contribution in [2.75, 3.05) is 38.7 Å². The molecular weight excluding hydrogens is 338 g/mol. The van der Waals surface area contributed by atoms with Gasteiger partial charge >= 0.3 is 5.97 Å². The number of hydrogen-bond donors (Lipinski definition) is 3. The molecule has 0 spiro atoms. The first-order chi connectivity index (χ1) is 12.5. The number of carbonyl (C=O) groups is 3. The van der Waals surface area contributed by atoms with Gasteiger partial charge in [-0.1, -0.05) is 19.1 Å². The van der Waals surface area contributed by atoms with Crippen molar-refractivity contribution in [2.45, 2.75) is 13.3 Å². The summed E-state index contributed by atoms with van der Waals surface area (Å²) >= 11 is 0. The summed E-state index contributed by atoms with van der Waals surface area (Å²) in [5.74, 6) is -1.33. The zero-order valence-electron chi connectivity index (χ0n) is 14.9. The molecule has 1 heterocycles. The van der Waals surface area contributed by atoms with Crippen molar-refractivity contribution in [3.05, 3.63) is 41.1 Å². The van der Waals surface area contributed by atoms with Crippen LogP contribution in [0.1, 0.15) is 23.7 Å². The minimum absolute atomic E-state index is 0.0403. The van der Waals surface area contributed by atoms with Crippen LogP contribution in [-0.2, 0) is 14.3 Å². The Kier molecular flexibility index (Phi) is 6.74. The van der Waals surface area contributed by atoms with E-state index in [1.165, 1.54) is 12.0 Å². The van der Waals surface area contributed by atoms with Crippen LogP contribution >= 0.6 is 0 Å². The Morgan fingerprint density at radius 3 is 2.69 bits per heavy atom. The van der Waals surface area contributed by atoms with Gasteiger partial charge in [-0.05, 0) is 18.6 Å². The van der Waals surface area contributed by atoms with Gasteiger partial charge in [0.15, 0.2) is 0 Å². The van der Waals surface area contributed by atoms with Crippen molar-refractivity contribution in [1.29, 1.82) is 0 Å². The van der Waals surface area contributed by atoms with Crippen LogP contribution in [0.2, 0.25) is 0 Å². The number of aliphatic hydroxyl groups is 1. The number of nitrogens with one attached hydrogen (secondary N) is 2. The van der Waals surface area contributed by atoms with Crippen LogP contribution in [-0.4, -0.2) is 61.1 Å². The maximum Gasteiger partial charge on any atom is 0.337 e. The van der Waals surface area contributed by atoms with Crippen molar-refractivity contribution in [3.8, 4) is 0 Å². The first kappa shape index (κ1) is 19.5. The molecule has 26 heavy (non-hydrogen) atoms. The van der Waals surface area contributed by atoms with Crippen LogP contribution in [0, 0.1) is 0 Å². The van der Waals surface area contributed by atoms with Gasteiger partial charge in [-0.2, -0.15) is 0 Å². The fraction of sp³-hybridized carbons (Fsp3) is 0.389. The van der Waals surface area contributed by atoms with Gasteiger partial charge < -0.3 is 25.4 Å². The summed E-state index contributed by atoms with van der Waals surface area (Å²) in [6, 6.07) is 6.74. The second-order valence-corrected chi connectivity index (χ2v) is 5.72. The number of rotatable bonds is 8. The Hall–Kier alpha value is -2.87. The second-order valence-electron chi connectivity index (χ2n) is 5.72. The molecule has 2 rings (SSSR count). The van der Waals surface area contributed by atoms with Gasteiger partial charge in [-0.25, -0.2) is 4.79 Å². The van der Waals surface area contributed by atoms with Crippen LogP contribution in [0.4, 0.5) is 5.69 Å². The zero-order valence-corrected chi connectivity index (χ0v) is 14.9. The average Bonchev–Trinajstić information content (AvgIpc) is 2.96. The third kappa shape index (κ3) is 4.20. The summed E-state index contributed by atoms with van der Waals surface area (Å²) in [4.78, 5) is 38.3. The monoisotopic (exact) mass is 361 g/mol. The standard InChI is InChI=1S/C18H23N3O5/c1-3-8-19-16(23)12-6-4-5-7-14(12)20-15-13(18(25)26-2)11-21(9-10-22)17(15)24/h4-7,20,22H,3,8-11H2,1-2H3,(H,19,23). The summed E-state index contributed by atoms with van der Waals surface area (Å²) in [5, 5.41) is 14.8. The van der Waals surface area contributed by atoms with Gasteiger partial charge in [0.05, 0.1) is 37.1 Å². The number of aliphatic hydroxyl groups excluding tert-OH is 1. The van der Waals surface area contributed by atoms with Crippen molar-refractivity contribution < 1.29 is 24.2 Å². The van der Waals surface area contributed by atoms with Crippen LogP contribution < -0.4 is 10.6 Å². The molecule has 140 valence electrons. The van der Waals surface area contributed by atoms with Gasteiger partial charge in [0.25, 0.3) is 11.8 Å². The number of esters is 1. The average molecular weight is 361 g/mol. The van der Waals surface area contributed by atoms with E-state index in [9.17, 15) is 14.4 Å². The van der Waals surface area contributed by atoms with Crippen molar-refractivity contribution in [3.63, 3.8) is 0 Å². The Morgan fingerprint density at radius 1 is 1.31 bits per heavy atom. The summed E-state index contributed by atoms with van der Waals surface area (Å²) in [7, 11) is 1.23. The van der Waals surface area contributed by atoms with Crippen LogP contribution in [0.15, 0.2) is 35.5 Å². The number of hydrogen-bond acceptors (Lipinski definition) is 6. The fourth-order valence-corrected chi connectivity index (χ4v) is 2.61. The Labute approximate surface area is 151 Å². The second kappa shape index (κ2) is 9.00. The van der Waals surface area contributed by atoms with E-state index in [1.807, 2.05) is 6.92 Å². The molecule has 0 atom stereocenters. The molecule has 0 unspecified atom stereocenters. The number of β-amino-alcohol motifs (C(OH)–C–C–N with tert-alkyl or cyclic N) is 1. The molecule has 2 amide bonds. The highest BCUT2D eigenvalue weighted by molar-refractivity contribution is 6.09. The van der Waals surface area contributed by atoms with Crippen LogP contribution in [0.3, 0.4) is 0 Å². The lowest BCUT2D eigenvalue weighted by molar-refractivity contribution is -0.136. The lowest BCUT2D eigenvalue weighted by atomic mass is 10.1. The molecule has 0 aromatic heterocycles. The van der Waals surface area contributed by atoms with E-state index < -0.39 is 11.9 Å². The molecule has 1 aliphatic heterocycles. The molecule has 0 aliphatic carbocycles. The number of carbonyl (C=O) groups excluding carboxylic acids is 3. The summed E-state index contributed by atoms with van der Waals surface area (Å²) in [6.07, 6.45) is 0.799. The molecule has 8 heteroatoms. The molecule has 0 saturated carbocycles. The Morgan fingerprint density at radius 2 is 2.04 bits per heavy atom. The number of para-hydroxylation sites is 1. The molecule has 3 N–H and O–H groups in total. The summed E-state index contributed by atoms with van der Waals surface area (Å²) in [6.45, 7) is 2.41. The number of benzene rings is 1. The fourth-order valence-electron chi connectivity index (χ4n) is 2.61. The van der Waals surface area contributed by atoms with Gasteiger partial charge in [0.1, 0.15) is 5.70 Å². The normalized spacial score (nSPS) is 13.8. The molecule has 0 bridgehead atoms. The lowest BCUT2D eigenvalue weighted by Gasteiger charge is -2.16. The topological polar surface area (TPSA) is 108 Å². The van der Waals surface area contributed by atoms with E-state index in [0.29, 0.717) is 17.8 Å². The lowest BCUT2D eigenvalue weighted by Crippen LogP contribution is -2.31. The highest BCUT2D eigenvalue weighted by Gasteiger charge is 2.34. The number of anilines is 1. The van der Waals surface area contributed by atoms with E-state index >= 15 is 0 Å². The number of ether oxygens (including phenoxy) is 1. The Bertz CT molecular complexity index is 729. The highest BCUT2D eigenvalue weighted by atomic mass is 16.5. The van der Waals surface area contributed by atoms with Crippen LogP contribution in [0.25, 0.3) is 0 Å². The van der Waals surface area contributed by atoms with Crippen LogP contribution in [0.5, 0.6) is 0 Å². The van der Waals surface area contributed by atoms with Crippen molar-refractivity contribution in [1.82, 2.24) is 10.2 Å². The molecule has 0 saturated heterocycles. The first-order valence-electron chi connectivity index (χ1n) is 8.39. The van der Waals surface area contributed by atoms with Gasteiger partial charge in [-0.15, -0.1) is 0 Å². The van der Waals surface area contributed by atoms with Gasteiger partial charge in [-0.3, -0.25) is 9.59 Å². The molecule has 0 radical (unpaired) electrons. The molecule has 8 nitrogen and oxygen atoms in total. The van der Waals surface area contributed by atoms with Gasteiger partial charge in [0, 0.05) is 13.1 Å². The van der Waals surface area contributed by atoms with E-state index in [0.717, 1.165) is 6.42 Å². The first-order valence-corrected chi connectivity index (χ1v) is 8.39. The molecule has 0 fully saturated rings. The highest BCUT2D eigenvalue weighted by Crippen LogP contribution is 2.24. The largest absolute Gasteiger partial charge is 0.466 e. The van der Waals surface area contributed by atoms with Gasteiger partial charge in [0.2, 0.25) is 0 Å². The number of nitrogens with zero attached hydrogens (tertiary/aromatic N) is 1. The molecule has 1 aromatic rings. The third-order valence-electron chi connectivity index (χ3n) is 3.92. The van der Waals surface area contributed by atoms with E-state index in [4.69, 9.17) is 9.84 Å². The Balaban J connectivity index is 2.34. The molecular formula is C18H23N3O5. The smallest absolute Gasteiger partial charge is 0.337 e. The number of methoxy groups -OCH3 is 1. The summed E-state index contributed by atoms with van der Waals surface area (Å²) < 4.78 is 4.75. The maximum atomic E-state index is 12.6. The van der Waals surface area contributed by atoms with Crippen molar-refractivity contribution >= 4 is 23.5 Å². The van der Waals surface area contributed by atoms with E-state index in [-0.39, 0.29) is 36.9 Å². The molecule has 1 aromatic carbocycles.